The Hall–Kier alpha value is -2.24. The summed E-state index contributed by atoms with van der Waals surface area (Å²) < 4.78 is 18.1. The van der Waals surface area contributed by atoms with Crippen molar-refractivity contribution in [1.29, 1.82) is 0 Å². The van der Waals surface area contributed by atoms with E-state index in [2.05, 4.69) is 10.2 Å². The van der Waals surface area contributed by atoms with Crippen LogP contribution in [0.2, 0.25) is 0 Å². The monoisotopic (exact) mass is 224 g/mol. The van der Waals surface area contributed by atoms with Gasteiger partial charge in [-0.15, -0.1) is 0 Å². The molecule has 0 atom stereocenters. The number of nitrogens with one attached hydrogen (secondary N) is 2. The number of ether oxygens (including phenoxy) is 1. The van der Waals surface area contributed by atoms with E-state index in [0.29, 0.717) is 5.75 Å². The predicted octanol–water partition coefficient (Wildman–Crippen LogP) is 1.22. The van der Waals surface area contributed by atoms with Crippen molar-refractivity contribution in [2.75, 3.05) is 7.11 Å². The van der Waals surface area contributed by atoms with Crippen LogP contribution in [0, 0.1) is 5.82 Å². The van der Waals surface area contributed by atoms with Gasteiger partial charge in [-0.25, -0.2) is 4.39 Å². The molecule has 0 unspecified atom stereocenters. The number of hydrogen-bond acceptors (Lipinski definition) is 3. The number of aromatic amines is 2. The summed E-state index contributed by atoms with van der Waals surface area (Å²) >= 11 is 0. The number of H-pyrrole nitrogens is 2. The fourth-order valence-corrected chi connectivity index (χ4v) is 1.47. The van der Waals surface area contributed by atoms with Gasteiger partial charge in [-0.05, 0) is 18.2 Å². The van der Waals surface area contributed by atoms with Gasteiger partial charge in [-0.2, -0.15) is 0 Å². The molecular formula is C10H9FN2O3. The SMILES string of the molecule is COc1ccc(F)cc1-c1c(O)[nH][nH]c1=O. The topological polar surface area (TPSA) is 78.1 Å². The third-order valence-corrected chi connectivity index (χ3v) is 2.19. The minimum Gasteiger partial charge on any atom is -0.496 e. The molecule has 84 valence electrons. The van der Waals surface area contributed by atoms with E-state index in [4.69, 9.17) is 4.74 Å². The quantitative estimate of drug-likeness (QED) is 0.717. The van der Waals surface area contributed by atoms with Gasteiger partial charge in [0.1, 0.15) is 17.1 Å². The van der Waals surface area contributed by atoms with Gasteiger partial charge in [0.15, 0.2) is 0 Å². The third-order valence-electron chi connectivity index (χ3n) is 2.19. The molecule has 0 saturated carbocycles. The molecule has 0 spiro atoms. The van der Waals surface area contributed by atoms with Crippen molar-refractivity contribution in [2.45, 2.75) is 0 Å². The summed E-state index contributed by atoms with van der Waals surface area (Å²) in [7, 11) is 1.40. The molecule has 0 bridgehead atoms. The lowest BCUT2D eigenvalue weighted by Crippen LogP contribution is -2.02. The highest BCUT2D eigenvalue weighted by molar-refractivity contribution is 5.73. The first kappa shape index (κ1) is 10.3. The maximum absolute atomic E-state index is 13.1. The molecule has 0 saturated heterocycles. The summed E-state index contributed by atoms with van der Waals surface area (Å²) in [6.45, 7) is 0. The molecule has 16 heavy (non-hydrogen) atoms. The van der Waals surface area contributed by atoms with Crippen molar-refractivity contribution >= 4 is 0 Å². The van der Waals surface area contributed by atoms with Crippen LogP contribution < -0.4 is 10.3 Å². The largest absolute Gasteiger partial charge is 0.496 e. The first-order chi connectivity index (χ1) is 7.63. The molecule has 3 N–H and O–H groups in total. The average Bonchev–Trinajstić information content (AvgIpc) is 2.58. The molecule has 6 heteroatoms. The zero-order valence-electron chi connectivity index (χ0n) is 8.37. The molecular weight excluding hydrogens is 215 g/mol. The Kier molecular flexibility index (Phi) is 2.40. The maximum atomic E-state index is 13.1. The summed E-state index contributed by atoms with van der Waals surface area (Å²) in [6, 6.07) is 3.72. The summed E-state index contributed by atoms with van der Waals surface area (Å²) in [6.07, 6.45) is 0. The average molecular weight is 224 g/mol. The molecule has 5 nitrogen and oxygen atoms in total. The first-order valence-corrected chi connectivity index (χ1v) is 4.47. The Bertz CT molecular complexity index is 574. The molecule has 0 fully saturated rings. The Labute approximate surface area is 89.5 Å². The molecule has 1 heterocycles. The molecule has 2 aromatic rings. The van der Waals surface area contributed by atoms with Crippen molar-refractivity contribution in [1.82, 2.24) is 10.2 Å². The van der Waals surface area contributed by atoms with Crippen molar-refractivity contribution in [3.63, 3.8) is 0 Å². The van der Waals surface area contributed by atoms with Crippen LogP contribution in [-0.4, -0.2) is 22.4 Å². The van der Waals surface area contributed by atoms with Gasteiger partial charge in [0, 0.05) is 5.56 Å². The van der Waals surface area contributed by atoms with Gasteiger partial charge >= 0.3 is 0 Å². The lowest BCUT2D eigenvalue weighted by atomic mass is 10.1. The number of aromatic hydroxyl groups is 1. The number of aromatic nitrogens is 2. The zero-order valence-corrected chi connectivity index (χ0v) is 8.37. The van der Waals surface area contributed by atoms with Crippen molar-refractivity contribution < 1.29 is 14.2 Å². The van der Waals surface area contributed by atoms with Crippen molar-refractivity contribution in [3.05, 3.63) is 34.4 Å². The second-order valence-corrected chi connectivity index (χ2v) is 3.15. The van der Waals surface area contributed by atoms with Crippen molar-refractivity contribution in [2.24, 2.45) is 0 Å². The molecule has 1 aromatic heterocycles. The predicted molar refractivity (Wildman–Crippen MR) is 55.0 cm³/mol. The van der Waals surface area contributed by atoms with E-state index in [9.17, 15) is 14.3 Å². The van der Waals surface area contributed by atoms with Crippen LogP contribution in [0.3, 0.4) is 0 Å². The van der Waals surface area contributed by atoms with Crippen LogP contribution in [-0.2, 0) is 0 Å². The lowest BCUT2D eigenvalue weighted by Gasteiger charge is -2.06. The van der Waals surface area contributed by atoms with Gasteiger partial charge in [-0.3, -0.25) is 15.0 Å². The number of benzene rings is 1. The number of halogens is 1. The van der Waals surface area contributed by atoms with Gasteiger partial charge < -0.3 is 9.84 Å². The summed E-state index contributed by atoms with van der Waals surface area (Å²) in [5.41, 5.74) is -0.389. The zero-order chi connectivity index (χ0) is 11.7. The van der Waals surface area contributed by atoms with Crippen LogP contribution in [0.5, 0.6) is 11.6 Å². The van der Waals surface area contributed by atoms with E-state index in [1.165, 1.54) is 19.2 Å². The highest BCUT2D eigenvalue weighted by Crippen LogP contribution is 2.32. The minimum atomic E-state index is -0.540. The van der Waals surface area contributed by atoms with Gasteiger partial charge in [0.2, 0.25) is 5.88 Å². The molecule has 0 radical (unpaired) electrons. The molecule has 0 aliphatic carbocycles. The van der Waals surface area contributed by atoms with Crippen LogP contribution in [0.15, 0.2) is 23.0 Å². The molecule has 1 aromatic carbocycles. The maximum Gasteiger partial charge on any atom is 0.275 e. The van der Waals surface area contributed by atoms with Gasteiger partial charge in [-0.1, -0.05) is 0 Å². The van der Waals surface area contributed by atoms with E-state index in [-0.39, 0.29) is 17.0 Å². The Morgan fingerprint density at radius 3 is 2.69 bits per heavy atom. The fraction of sp³-hybridized carbons (Fsp3) is 0.100. The minimum absolute atomic E-state index is 0.0450. The number of methoxy groups -OCH3 is 1. The van der Waals surface area contributed by atoms with E-state index >= 15 is 0 Å². The van der Waals surface area contributed by atoms with Crippen LogP contribution in [0.25, 0.3) is 11.1 Å². The Morgan fingerprint density at radius 1 is 1.38 bits per heavy atom. The first-order valence-electron chi connectivity index (χ1n) is 4.47. The Morgan fingerprint density at radius 2 is 2.12 bits per heavy atom. The summed E-state index contributed by atoms with van der Waals surface area (Å²) in [4.78, 5) is 11.4. The molecule has 0 aliphatic heterocycles. The molecule has 0 amide bonds. The van der Waals surface area contributed by atoms with E-state index < -0.39 is 11.4 Å². The van der Waals surface area contributed by atoms with E-state index in [1.54, 1.807) is 0 Å². The summed E-state index contributed by atoms with van der Waals surface area (Å²) in [5.74, 6) is -0.563. The highest BCUT2D eigenvalue weighted by Gasteiger charge is 2.16. The van der Waals surface area contributed by atoms with Gasteiger partial charge in [0.05, 0.1) is 7.11 Å². The Balaban J connectivity index is 2.72. The van der Waals surface area contributed by atoms with Crippen molar-refractivity contribution in [3.8, 4) is 22.8 Å². The summed E-state index contributed by atoms with van der Waals surface area (Å²) in [5, 5.41) is 13.9. The standard InChI is InChI=1S/C10H9FN2O3/c1-16-7-3-2-5(11)4-6(7)8-9(14)12-13-10(8)15/h2-4H,1H3,(H3,12,13,14,15). The number of hydrogen-bond donors (Lipinski definition) is 3. The van der Waals surface area contributed by atoms with E-state index in [0.717, 1.165) is 6.07 Å². The third kappa shape index (κ3) is 1.54. The number of rotatable bonds is 2. The van der Waals surface area contributed by atoms with Gasteiger partial charge in [0.25, 0.3) is 5.56 Å². The smallest absolute Gasteiger partial charge is 0.275 e. The van der Waals surface area contributed by atoms with E-state index in [1.807, 2.05) is 0 Å². The molecule has 2 rings (SSSR count). The fourth-order valence-electron chi connectivity index (χ4n) is 1.47. The lowest BCUT2D eigenvalue weighted by molar-refractivity contribution is 0.414. The van der Waals surface area contributed by atoms with Crippen LogP contribution in [0.4, 0.5) is 4.39 Å². The second-order valence-electron chi connectivity index (χ2n) is 3.15. The van der Waals surface area contributed by atoms with Crippen LogP contribution in [0.1, 0.15) is 0 Å². The van der Waals surface area contributed by atoms with Crippen LogP contribution >= 0.6 is 0 Å². The normalized spacial score (nSPS) is 10.4. The molecule has 0 aliphatic rings. The second kappa shape index (κ2) is 3.73. The highest BCUT2D eigenvalue weighted by atomic mass is 19.1.